The number of carbonyl (C=O) groups is 1. The van der Waals surface area contributed by atoms with E-state index in [2.05, 4.69) is 5.32 Å². The summed E-state index contributed by atoms with van der Waals surface area (Å²) in [5.41, 5.74) is 6.14. The van der Waals surface area contributed by atoms with Gasteiger partial charge in [0.2, 0.25) is 0 Å². The highest BCUT2D eigenvalue weighted by molar-refractivity contribution is 6.01. The minimum atomic E-state index is -0.171. The highest BCUT2D eigenvalue weighted by Gasteiger charge is 2.12. The van der Waals surface area contributed by atoms with E-state index in [-0.39, 0.29) is 11.9 Å². The summed E-state index contributed by atoms with van der Waals surface area (Å²) in [6, 6.07) is 13.6. The third kappa shape index (κ3) is 3.72. The fourth-order valence-corrected chi connectivity index (χ4v) is 2.19. The van der Waals surface area contributed by atoms with E-state index < -0.39 is 0 Å². The van der Waals surface area contributed by atoms with Gasteiger partial charge in [0.1, 0.15) is 0 Å². The first-order valence-electron chi connectivity index (χ1n) is 6.98. The first kappa shape index (κ1) is 14.8. The average molecular weight is 284 g/mol. The Morgan fingerprint density at radius 2 is 1.95 bits per heavy atom. The first-order valence-corrected chi connectivity index (χ1v) is 6.98. The summed E-state index contributed by atoms with van der Waals surface area (Å²) in [5.74, 6) is 0.0893. The Hall–Kier alpha value is -2.56. The highest BCUT2D eigenvalue weighted by Crippen LogP contribution is 2.23. The number of nitrogens with two attached hydrogens (primary N) is 1. The lowest BCUT2D eigenvalue weighted by Crippen LogP contribution is -2.37. The number of hydrogen-bond acceptors (Lipinski definition) is 2. The molecule has 2 rings (SSSR count). The van der Waals surface area contributed by atoms with E-state index in [1.54, 1.807) is 4.90 Å². The van der Waals surface area contributed by atoms with Crippen molar-refractivity contribution in [2.24, 2.45) is 5.73 Å². The molecule has 0 unspecified atom stereocenters. The van der Waals surface area contributed by atoms with Gasteiger partial charge in [-0.15, -0.1) is 0 Å². The molecule has 4 N–H and O–H groups in total. The van der Waals surface area contributed by atoms with E-state index in [9.17, 15) is 4.79 Å². The summed E-state index contributed by atoms with van der Waals surface area (Å²) < 4.78 is 0. The number of urea groups is 1. The molecule has 0 aromatic heterocycles. The molecular formula is C16H20N4O. The van der Waals surface area contributed by atoms with E-state index in [4.69, 9.17) is 11.1 Å². The molecule has 0 atom stereocenters. The van der Waals surface area contributed by atoms with Crippen molar-refractivity contribution in [2.75, 3.05) is 18.4 Å². The maximum atomic E-state index is 12.3. The largest absolute Gasteiger partial charge is 0.388 e. The molecule has 0 spiro atoms. The van der Waals surface area contributed by atoms with Gasteiger partial charge in [0.05, 0.1) is 11.5 Å². The molecule has 0 saturated heterocycles. The first-order chi connectivity index (χ1) is 10.1. The topological polar surface area (TPSA) is 82.2 Å². The highest BCUT2D eigenvalue weighted by atomic mass is 16.2. The number of nitrogens with one attached hydrogen (secondary N) is 2. The number of rotatable bonds is 5. The minimum Gasteiger partial charge on any atom is -0.388 e. The van der Waals surface area contributed by atoms with Crippen molar-refractivity contribution in [3.8, 4) is 0 Å². The maximum absolute atomic E-state index is 12.3. The van der Waals surface area contributed by atoms with Gasteiger partial charge in [-0.25, -0.2) is 4.79 Å². The lowest BCUT2D eigenvalue weighted by atomic mass is 10.1. The number of amides is 2. The zero-order valence-electron chi connectivity index (χ0n) is 12.1. The van der Waals surface area contributed by atoms with Gasteiger partial charge in [0.15, 0.2) is 0 Å². The number of amidine groups is 1. The molecule has 0 bridgehead atoms. The molecule has 0 fully saturated rings. The number of nitrogens with zero attached hydrogens (tertiary/aromatic N) is 1. The Balaban J connectivity index is 2.15. The smallest absolute Gasteiger partial charge is 0.321 e. The lowest BCUT2D eigenvalue weighted by molar-refractivity contribution is 0.216. The van der Waals surface area contributed by atoms with Gasteiger partial charge in [-0.3, -0.25) is 5.41 Å². The number of anilines is 1. The molecule has 21 heavy (non-hydrogen) atoms. The van der Waals surface area contributed by atoms with Gasteiger partial charge >= 0.3 is 6.03 Å². The molecule has 2 amide bonds. The Morgan fingerprint density at radius 3 is 2.67 bits per heavy atom. The van der Waals surface area contributed by atoms with Gasteiger partial charge < -0.3 is 16.0 Å². The predicted octanol–water partition coefficient (Wildman–Crippen LogP) is 3.02. The Morgan fingerprint density at radius 1 is 1.24 bits per heavy atom. The van der Waals surface area contributed by atoms with Crippen LogP contribution in [0, 0.1) is 5.41 Å². The van der Waals surface area contributed by atoms with Gasteiger partial charge in [-0.2, -0.15) is 0 Å². The molecule has 5 heteroatoms. The van der Waals surface area contributed by atoms with Gasteiger partial charge in [0, 0.05) is 24.9 Å². The van der Waals surface area contributed by atoms with Crippen LogP contribution in [0.25, 0.3) is 10.8 Å². The second kappa shape index (κ2) is 6.74. The second-order valence-electron chi connectivity index (χ2n) is 4.81. The van der Waals surface area contributed by atoms with Crippen LogP contribution >= 0.6 is 0 Å². The Kier molecular flexibility index (Phi) is 4.77. The number of fused-ring (bicyclic) bond motifs is 1. The predicted molar refractivity (Wildman–Crippen MR) is 86.7 cm³/mol. The molecule has 110 valence electrons. The maximum Gasteiger partial charge on any atom is 0.321 e. The quantitative estimate of drug-likeness (QED) is 0.582. The van der Waals surface area contributed by atoms with Crippen molar-refractivity contribution in [3.63, 3.8) is 0 Å². The molecule has 0 aliphatic heterocycles. The summed E-state index contributed by atoms with van der Waals surface area (Å²) in [7, 11) is 0. The van der Waals surface area contributed by atoms with Crippen LogP contribution in [0.4, 0.5) is 10.5 Å². The van der Waals surface area contributed by atoms with Crippen LogP contribution in [-0.4, -0.2) is 29.9 Å². The second-order valence-corrected chi connectivity index (χ2v) is 4.81. The summed E-state index contributed by atoms with van der Waals surface area (Å²) in [6.07, 6.45) is 0.386. The zero-order chi connectivity index (χ0) is 15.2. The molecule has 5 nitrogen and oxygen atoms in total. The van der Waals surface area contributed by atoms with Crippen LogP contribution in [0.2, 0.25) is 0 Å². The van der Waals surface area contributed by atoms with E-state index >= 15 is 0 Å². The van der Waals surface area contributed by atoms with Crippen LogP contribution in [0.15, 0.2) is 42.5 Å². The normalized spacial score (nSPS) is 10.3. The van der Waals surface area contributed by atoms with Crippen LogP contribution in [0.3, 0.4) is 0 Å². The summed E-state index contributed by atoms with van der Waals surface area (Å²) in [4.78, 5) is 13.9. The van der Waals surface area contributed by atoms with Crippen LogP contribution in [0.1, 0.15) is 13.3 Å². The standard InChI is InChI=1S/C16H20N4O/c1-2-20(11-10-15(17)18)16(21)19-14-9-5-7-12-6-3-4-8-13(12)14/h3-9H,2,10-11H2,1H3,(H3,17,18)(H,19,21). The summed E-state index contributed by atoms with van der Waals surface area (Å²) in [5, 5.41) is 12.3. The molecule has 0 radical (unpaired) electrons. The Labute approximate surface area is 124 Å². The average Bonchev–Trinajstić information content (AvgIpc) is 2.48. The van der Waals surface area contributed by atoms with Gasteiger partial charge in [0.25, 0.3) is 0 Å². The van der Waals surface area contributed by atoms with Gasteiger partial charge in [-0.1, -0.05) is 36.4 Å². The fourth-order valence-electron chi connectivity index (χ4n) is 2.19. The minimum absolute atomic E-state index is 0.0893. The van der Waals surface area contributed by atoms with Crippen molar-refractivity contribution in [1.29, 1.82) is 5.41 Å². The van der Waals surface area contributed by atoms with Crippen LogP contribution in [-0.2, 0) is 0 Å². The van der Waals surface area contributed by atoms with Crippen LogP contribution in [0.5, 0.6) is 0 Å². The molecule has 0 aliphatic carbocycles. The molecule has 0 heterocycles. The van der Waals surface area contributed by atoms with E-state index in [0.717, 1.165) is 16.5 Å². The van der Waals surface area contributed by atoms with Crippen molar-refractivity contribution in [1.82, 2.24) is 4.90 Å². The van der Waals surface area contributed by atoms with Crippen molar-refractivity contribution >= 4 is 28.3 Å². The zero-order valence-corrected chi connectivity index (χ0v) is 12.1. The number of benzene rings is 2. The SMILES string of the molecule is CCN(CCC(=N)N)C(=O)Nc1cccc2ccccc12. The third-order valence-electron chi connectivity index (χ3n) is 3.35. The monoisotopic (exact) mass is 284 g/mol. The van der Waals surface area contributed by atoms with E-state index in [1.807, 2.05) is 49.4 Å². The van der Waals surface area contributed by atoms with Crippen molar-refractivity contribution < 1.29 is 4.79 Å². The fraction of sp³-hybridized carbons (Fsp3) is 0.250. The number of carbonyl (C=O) groups excluding carboxylic acids is 1. The summed E-state index contributed by atoms with van der Waals surface area (Å²) >= 11 is 0. The lowest BCUT2D eigenvalue weighted by Gasteiger charge is -2.21. The van der Waals surface area contributed by atoms with E-state index in [1.165, 1.54) is 0 Å². The molecule has 2 aromatic carbocycles. The third-order valence-corrected chi connectivity index (χ3v) is 3.35. The van der Waals surface area contributed by atoms with Gasteiger partial charge in [-0.05, 0) is 18.4 Å². The Bertz CT molecular complexity index is 648. The molecule has 0 saturated carbocycles. The van der Waals surface area contributed by atoms with Crippen LogP contribution < -0.4 is 11.1 Å². The van der Waals surface area contributed by atoms with Crippen molar-refractivity contribution in [3.05, 3.63) is 42.5 Å². The molecule has 0 aliphatic rings. The molecule has 2 aromatic rings. The van der Waals surface area contributed by atoms with Crippen molar-refractivity contribution in [2.45, 2.75) is 13.3 Å². The molecular weight excluding hydrogens is 264 g/mol. The van der Waals surface area contributed by atoms with E-state index in [0.29, 0.717) is 19.5 Å². The summed E-state index contributed by atoms with van der Waals surface area (Å²) in [6.45, 7) is 2.93. The number of hydrogen-bond donors (Lipinski definition) is 3.